The number of hydrogen-bond acceptors (Lipinski definition) is 4. The van der Waals surface area contributed by atoms with E-state index < -0.39 is 5.97 Å². The first kappa shape index (κ1) is 17.5. The molecule has 136 valence electrons. The van der Waals surface area contributed by atoms with Crippen LogP contribution in [0.2, 0.25) is 5.02 Å². The third-order valence-electron chi connectivity index (χ3n) is 4.74. The van der Waals surface area contributed by atoms with Gasteiger partial charge < -0.3 is 10.1 Å². The fourth-order valence-electron chi connectivity index (χ4n) is 3.53. The van der Waals surface area contributed by atoms with Crippen molar-refractivity contribution in [3.8, 4) is 0 Å². The second kappa shape index (κ2) is 7.00. The molecule has 1 heterocycles. The van der Waals surface area contributed by atoms with Crippen LogP contribution in [-0.4, -0.2) is 24.0 Å². The largest absolute Gasteiger partial charge is 0.465 e. The maximum absolute atomic E-state index is 13.2. The minimum Gasteiger partial charge on any atom is -0.465 e. The molecule has 1 aliphatic carbocycles. The van der Waals surface area contributed by atoms with E-state index in [2.05, 4.69) is 5.32 Å². The number of anilines is 1. The minimum atomic E-state index is -0.451. The molecule has 2 aromatic carbocycles. The number of benzene rings is 2. The molecule has 1 aliphatic rings. The molecule has 1 amide bonds. The van der Waals surface area contributed by atoms with Crippen molar-refractivity contribution in [3.63, 3.8) is 0 Å². The Morgan fingerprint density at radius 2 is 2.00 bits per heavy atom. The van der Waals surface area contributed by atoms with E-state index in [1.54, 1.807) is 36.4 Å². The number of aromatic nitrogens is 1. The summed E-state index contributed by atoms with van der Waals surface area (Å²) in [6, 6.07) is 12.1. The Morgan fingerprint density at radius 1 is 1.15 bits per heavy atom. The number of fused-ring (bicyclic) bond motifs is 2. The lowest BCUT2D eigenvalue weighted by atomic mass is 10.0. The van der Waals surface area contributed by atoms with Crippen molar-refractivity contribution in [1.29, 1.82) is 0 Å². The smallest absolute Gasteiger partial charge is 0.337 e. The van der Waals surface area contributed by atoms with E-state index in [9.17, 15) is 9.59 Å². The highest BCUT2D eigenvalue weighted by atomic mass is 35.5. The molecule has 0 aliphatic heterocycles. The van der Waals surface area contributed by atoms with Gasteiger partial charge in [0, 0.05) is 21.8 Å². The second-order valence-corrected chi connectivity index (χ2v) is 6.89. The molecule has 0 radical (unpaired) electrons. The van der Waals surface area contributed by atoms with Gasteiger partial charge in [-0.1, -0.05) is 17.7 Å². The van der Waals surface area contributed by atoms with E-state index in [4.69, 9.17) is 21.3 Å². The van der Waals surface area contributed by atoms with Crippen LogP contribution in [0, 0.1) is 0 Å². The van der Waals surface area contributed by atoms with Crippen LogP contribution in [0.5, 0.6) is 0 Å². The minimum absolute atomic E-state index is 0.232. The first-order valence-electron chi connectivity index (χ1n) is 8.67. The molecular weight excluding hydrogens is 364 g/mol. The summed E-state index contributed by atoms with van der Waals surface area (Å²) in [4.78, 5) is 29.6. The Balaban J connectivity index is 1.77. The van der Waals surface area contributed by atoms with Crippen LogP contribution in [0.15, 0.2) is 42.5 Å². The van der Waals surface area contributed by atoms with Gasteiger partial charge in [-0.05, 0) is 61.2 Å². The molecule has 27 heavy (non-hydrogen) atoms. The van der Waals surface area contributed by atoms with Crippen LogP contribution >= 0.6 is 11.6 Å². The van der Waals surface area contributed by atoms with E-state index in [1.165, 1.54) is 7.11 Å². The van der Waals surface area contributed by atoms with E-state index in [-0.39, 0.29) is 5.91 Å². The van der Waals surface area contributed by atoms with Crippen LogP contribution in [0.4, 0.5) is 5.69 Å². The summed E-state index contributed by atoms with van der Waals surface area (Å²) in [6.07, 6.45) is 2.66. The lowest BCUT2D eigenvalue weighted by Crippen LogP contribution is -2.16. The highest BCUT2D eigenvalue weighted by Crippen LogP contribution is 2.32. The van der Waals surface area contributed by atoms with Crippen molar-refractivity contribution >= 4 is 40.1 Å². The normalized spacial score (nSPS) is 12.7. The highest BCUT2D eigenvalue weighted by molar-refractivity contribution is 6.31. The molecule has 1 N–H and O–H groups in total. The van der Waals surface area contributed by atoms with Gasteiger partial charge in [-0.25, -0.2) is 4.79 Å². The number of amides is 1. The van der Waals surface area contributed by atoms with E-state index >= 15 is 0 Å². The summed E-state index contributed by atoms with van der Waals surface area (Å²) < 4.78 is 4.74. The second-order valence-electron chi connectivity index (χ2n) is 6.45. The number of halogens is 1. The number of carbonyl (C=O) groups excluding carboxylic acids is 2. The van der Waals surface area contributed by atoms with Gasteiger partial charge >= 0.3 is 5.97 Å². The van der Waals surface area contributed by atoms with Crippen LogP contribution in [0.25, 0.3) is 10.9 Å². The lowest BCUT2D eigenvalue weighted by molar-refractivity contribution is 0.0600. The van der Waals surface area contributed by atoms with Gasteiger partial charge in [-0.2, -0.15) is 0 Å². The first-order chi connectivity index (χ1) is 13.1. The number of nitrogens with one attached hydrogen (secondary N) is 1. The number of methoxy groups -OCH3 is 1. The van der Waals surface area contributed by atoms with E-state index in [0.29, 0.717) is 21.8 Å². The van der Waals surface area contributed by atoms with Gasteiger partial charge in [-0.3, -0.25) is 9.78 Å². The number of nitrogens with zero attached hydrogens (tertiary/aromatic N) is 1. The van der Waals surface area contributed by atoms with Gasteiger partial charge in [0.25, 0.3) is 5.91 Å². The van der Waals surface area contributed by atoms with Crippen LogP contribution in [0.3, 0.4) is 0 Å². The monoisotopic (exact) mass is 380 g/mol. The van der Waals surface area contributed by atoms with Crippen molar-refractivity contribution < 1.29 is 14.3 Å². The summed E-state index contributed by atoms with van der Waals surface area (Å²) in [6.45, 7) is 0. The number of hydrogen-bond donors (Lipinski definition) is 1. The third kappa shape index (κ3) is 3.26. The van der Waals surface area contributed by atoms with Crippen LogP contribution in [-0.2, 0) is 17.6 Å². The molecule has 6 heteroatoms. The summed E-state index contributed by atoms with van der Waals surface area (Å²) in [7, 11) is 1.32. The Hall–Kier alpha value is -2.92. The Kier molecular flexibility index (Phi) is 4.54. The first-order valence-corrected chi connectivity index (χ1v) is 9.05. The fraction of sp³-hybridized carbons (Fsp3) is 0.190. The zero-order chi connectivity index (χ0) is 19.0. The van der Waals surface area contributed by atoms with Crippen molar-refractivity contribution in [2.75, 3.05) is 12.4 Å². The number of pyridine rings is 1. The average Bonchev–Trinajstić information content (AvgIpc) is 3.13. The third-order valence-corrected chi connectivity index (χ3v) is 4.98. The van der Waals surface area contributed by atoms with Gasteiger partial charge in [-0.15, -0.1) is 0 Å². The molecule has 0 unspecified atom stereocenters. The van der Waals surface area contributed by atoms with Crippen molar-refractivity contribution in [2.24, 2.45) is 0 Å². The maximum atomic E-state index is 13.2. The lowest BCUT2D eigenvalue weighted by Gasteiger charge is -2.13. The zero-order valence-corrected chi connectivity index (χ0v) is 15.5. The predicted octanol–water partition coefficient (Wildman–Crippen LogP) is 4.42. The summed E-state index contributed by atoms with van der Waals surface area (Å²) >= 11 is 6.17. The molecule has 0 atom stereocenters. The molecule has 0 fully saturated rings. The Bertz CT molecular complexity index is 1080. The van der Waals surface area contributed by atoms with Gasteiger partial charge in [0.2, 0.25) is 0 Å². The summed E-state index contributed by atoms with van der Waals surface area (Å²) in [5.41, 5.74) is 4.22. The summed E-state index contributed by atoms with van der Waals surface area (Å²) in [5, 5.41) is 4.20. The Morgan fingerprint density at radius 3 is 2.81 bits per heavy atom. The number of esters is 1. The predicted molar refractivity (Wildman–Crippen MR) is 105 cm³/mol. The molecule has 0 spiro atoms. The number of carbonyl (C=O) groups is 2. The number of rotatable bonds is 3. The molecule has 0 saturated heterocycles. The Labute approximate surface area is 161 Å². The number of aryl methyl sites for hydroxylation is 1. The topological polar surface area (TPSA) is 68.3 Å². The molecule has 1 aromatic heterocycles. The van der Waals surface area contributed by atoms with Crippen LogP contribution in [0.1, 0.15) is 38.4 Å². The standard InChI is InChI=1S/C21H17ClN2O3/c1-27-21(26)12-4-2-5-14(10-12)23-20(25)19-15-6-3-7-17(15)24-18-9-8-13(22)11-16(18)19/h2,4-5,8-11H,3,6-7H2,1H3,(H,23,25). The van der Waals surface area contributed by atoms with Crippen molar-refractivity contribution in [1.82, 2.24) is 4.98 Å². The molecular formula is C21H17ClN2O3. The van der Waals surface area contributed by atoms with Crippen molar-refractivity contribution in [3.05, 3.63) is 69.9 Å². The van der Waals surface area contributed by atoms with E-state index in [1.807, 2.05) is 6.07 Å². The van der Waals surface area contributed by atoms with Gasteiger partial charge in [0.1, 0.15) is 0 Å². The zero-order valence-electron chi connectivity index (χ0n) is 14.7. The quantitative estimate of drug-likeness (QED) is 0.683. The van der Waals surface area contributed by atoms with Gasteiger partial charge in [0.05, 0.1) is 23.8 Å². The molecule has 4 rings (SSSR count). The molecule has 0 saturated carbocycles. The van der Waals surface area contributed by atoms with E-state index in [0.717, 1.165) is 41.4 Å². The highest BCUT2D eigenvalue weighted by Gasteiger charge is 2.24. The number of ether oxygens (including phenoxy) is 1. The molecule has 5 nitrogen and oxygen atoms in total. The maximum Gasteiger partial charge on any atom is 0.337 e. The van der Waals surface area contributed by atoms with Crippen LogP contribution < -0.4 is 5.32 Å². The SMILES string of the molecule is COC(=O)c1cccc(NC(=O)c2c3c(nc4ccc(Cl)cc24)CCC3)c1. The fourth-order valence-corrected chi connectivity index (χ4v) is 3.70. The van der Waals surface area contributed by atoms with Gasteiger partial charge in [0.15, 0.2) is 0 Å². The molecule has 0 bridgehead atoms. The molecule has 3 aromatic rings. The van der Waals surface area contributed by atoms with Crippen molar-refractivity contribution in [2.45, 2.75) is 19.3 Å². The average molecular weight is 381 g/mol. The summed E-state index contributed by atoms with van der Waals surface area (Å²) in [5.74, 6) is -0.682.